The molecule has 0 fully saturated rings. The van der Waals surface area contributed by atoms with Crippen LogP contribution in [-0.4, -0.2) is 37.5 Å². The third-order valence-electron chi connectivity index (χ3n) is 7.09. The van der Waals surface area contributed by atoms with Crippen LogP contribution in [0.5, 0.6) is 5.75 Å². The number of ketones is 1. The molecule has 0 spiro atoms. The van der Waals surface area contributed by atoms with Crippen LogP contribution < -0.4 is 10.1 Å². The number of hydrogen-bond acceptors (Lipinski definition) is 4. The average Bonchev–Trinajstić information content (AvgIpc) is 2.94. The Balaban J connectivity index is 1.74. The van der Waals surface area contributed by atoms with Gasteiger partial charge >= 0.3 is 0 Å². The SMILES string of the molecule is CCCCCCCCCCCCCCCCOCCCCCCCCOc1ccc(NCC(=O)CBr)cc1. The highest BCUT2D eigenvalue weighted by atomic mass is 79.9. The fourth-order valence-electron chi connectivity index (χ4n) is 4.62. The van der Waals surface area contributed by atoms with Gasteiger partial charge in [-0.15, -0.1) is 0 Å². The number of benzene rings is 1. The number of rotatable bonds is 29. The van der Waals surface area contributed by atoms with Crippen LogP contribution in [0.3, 0.4) is 0 Å². The van der Waals surface area contributed by atoms with Crippen LogP contribution in [0.1, 0.15) is 135 Å². The van der Waals surface area contributed by atoms with Gasteiger partial charge in [-0.2, -0.15) is 0 Å². The van der Waals surface area contributed by atoms with Crippen molar-refractivity contribution in [3.63, 3.8) is 0 Å². The van der Waals surface area contributed by atoms with Gasteiger partial charge in [-0.25, -0.2) is 0 Å². The molecule has 220 valence electrons. The van der Waals surface area contributed by atoms with Crippen LogP contribution in [-0.2, 0) is 9.53 Å². The van der Waals surface area contributed by atoms with Crippen molar-refractivity contribution in [3.8, 4) is 5.75 Å². The number of carbonyl (C=O) groups is 1. The molecule has 0 aromatic heterocycles. The van der Waals surface area contributed by atoms with Crippen molar-refractivity contribution in [1.82, 2.24) is 0 Å². The van der Waals surface area contributed by atoms with Crippen LogP contribution in [0.15, 0.2) is 24.3 Å². The average molecular weight is 597 g/mol. The summed E-state index contributed by atoms with van der Waals surface area (Å²) < 4.78 is 11.7. The molecule has 1 aromatic rings. The summed E-state index contributed by atoms with van der Waals surface area (Å²) in [7, 11) is 0. The Morgan fingerprint density at radius 1 is 0.632 bits per heavy atom. The van der Waals surface area contributed by atoms with E-state index in [1.807, 2.05) is 24.3 Å². The first kappa shape index (κ1) is 35.0. The molecule has 0 aliphatic carbocycles. The number of anilines is 1. The zero-order chi connectivity index (χ0) is 27.4. The predicted molar refractivity (Wildman–Crippen MR) is 168 cm³/mol. The highest BCUT2D eigenvalue weighted by molar-refractivity contribution is 9.09. The lowest BCUT2D eigenvalue weighted by Gasteiger charge is -2.08. The van der Waals surface area contributed by atoms with Crippen LogP contribution in [0.25, 0.3) is 0 Å². The second-order valence-corrected chi connectivity index (χ2v) is 11.3. The Bertz CT molecular complexity index is 638. The summed E-state index contributed by atoms with van der Waals surface area (Å²) in [5.41, 5.74) is 0.940. The lowest BCUT2D eigenvalue weighted by atomic mass is 10.0. The van der Waals surface area contributed by atoms with E-state index in [9.17, 15) is 4.79 Å². The highest BCUT2D eigenvalue weighted by Crippen LogP contribution is 2.17. The number of unbranched alkanes of at least 4 members (excludes halogenated alkanes) is 18. The van der Waals surface area contributed by atoms with E-state index in [-0.39, 0.29) is 5.78 Å². The van der Waals surface area contributed by atoms with Crippen molar-refractivity contribution >= 4 is 27.4 Å². The molecule has 0 saturated carbocycles. The molecule has 0 aliphatic heterocycles. The summed E-state index contributed by atoms with van der Waals surface area (Å²) in [6, 6.07) is 7.83. The molecule has 0 saturated heterocycles. The van der Waals surface area contributed by atoms with Crippen molar-refractivity contribution in [1.29, 1.82) is 0 Å². The third-order valence-corrected chi connectivity index (χ3v) is 7.71. The van der Waals surface area contributed by atoms with Gasteiger partial charge in [0.15, 0.2) is 5.78 Å². The summed E-state index contributed by atoms with van der Waals surface area (Å²) in [4.78, 5) is 11.3. The van der Waals surface area contributed by atoms with E-state index in [1.54, 1.807) is 0 Å². The summed E-state index contributed by atoms with van der Waals surface area (Å²) in [5.74, 6) is 1.02. The molecule has 1 N–H and O–H groups in total. The molecule has 0 unspecified atom stereocenters. The molecule has 4 nitrogen and oxygen atoms in total. The van der Waals surface area contributed by atoms with Gasteiger partial charge in [0.2, 0.25) is 0 Å². The first-order valence-electron chi connectivity index (χ1n) is 15.9. The lowest BCUT2D eigenvalue weighted by molar-refractivity contribution is -0.114. The summed E-state index contributed by atoms with van der Waals surface area (Å²) >= 11 is 3.17. The Labute approximate surface area is 243 Å². The Morgan fingerprint density at radius 2 is 1.05 bits per heavy atom. The van der Waals surface area contributed by atoms with E-state index in [1.165, 1.54) is 122 Å². The molecule has 0 atom stereocenters. The monoisotopic (exact) mass is 595 g/mol. The number of nitrogens with one attached hydrogen (secondary N) is 1. The largest absolute Gasteiger partial charge is 0.494 e. The Hall–Kier alpha value is -1.07. The number of carbonyl (C=O) groups excluding carboxylic acids is 1. The molecule has 1 aromatic carbocycles. The highest BCUT2D eigenvalue weighted by Gasteiger charge is 2.00. The maximum Gasteiger partial charge on any atom is 0.162 e. The zero-order valence-electron chi connectivity index (χ0n) is 24.6. The van der Waals surface area contributed by atoms with E-state index in [4.69, 9.17) is 9.47 Å². The number of hydrogen-bond donors (Lipinski definition) is 1. The third kappa shape index (κ3) is 22.9. The first-order chi connectivity index (χ1) is 18.8. The van der Waals surface area contributed by atoms with Crippen molar-refractivity contribution in [2.45, 2.75) is 135 Å². The normalized spacial score (nSPS) is 11.1. The van der Waals surface area contributed by atoms with Gasteiger partial charge < -0.3 is 14.8 Å². The molecule has 0 radical (unpaired) electrons. The van der Waals surface area contributed by atoms with Gasteiger partial charge in [-0.3, -0.25) is 4.79 Å². The smallest absolute Gasteiger partial charge is 0.162 e. The zero-order valence-corrected chi connectivity index (χ0v) is 26.2. The maximum atomic E-state index is 11.3. The van der Waals surface area contributed by atoms with Gasteiger partial charge in [0.05, 0.1) is 18.5 Å². The van der Waals surface area contributed by atoms with Gasteiger partial charge in [-0.1, -0.05) is 132 Å². The minimum Gasteiger partial charge on any atom is -0.494 e. The van der Waals surface area contributed by atoms with E-state index >= 15 is 0 Å². The van der Waals surface area contributed by atoms with Crippen molar-refractivity contribution < 1.29 is 14.3 Å². The molecule has 38 heavy (non-hydrogen) atoms. The van der Waals surface area contributed by atoms with Gasteiger partial charge in [0, 0.05) is 18.9 Å². The summed E-state index contributed by atoms with van der Waals surface area (Å²) in [6.45, 7) is 5.27. The van der Waals surface area contributed by atoms with Crippen LogP contribution in [0.4, 0.5) is 5.69 Å². The number of halogens is 1. The number of ether oxygens (including phenoxy) is 2. The fourth-order valence-corrected chi connectivity index (χ4v) is 4.82. The lowest BCUT2D eigenvalue weighted by Crippen LogP contribution is -2.14. The number of alkyl halides is 1. The second-order valence-electron chi connectivity index (χ2n) is 10.7. The van der Waals surface area contributed by atoms with Crippen molar-refractivity contribution in [3.05, 3.63) is 24.3 Å². The standard InChI is InChI=1S/C33H58BrNO3/c1-2-3-4-5-6-7-8-9-10-11-12-13-16-19-26-37-27-20-17-14-15-18-21-28-38-33-24-22-31(23-25-33)35-30-32(36)29-34/h22-25,35H,2-21,26-30H2,1H3. The van der Waals surface area contributed by atoms with Gasteiger partial charge in [-0.05, 0) is 43.5 Å². The predicted octanol–water partition coefficient (Wildman–Crippen LogP) is 10.3. The van der Waals surface area contributed by atoms with Crippen molar-refractivity contribution in [2.75, 3.05) is 37.0 Å². The van der Waals surface area contributed by atoms with E-state index in [0.717, 1.165) is 37.7 Å². The van der Waals surface area contributed by atoms with Crippen LogP contribution >= 0.6 is 15.9 Å². The summed E-state index contributed by atoms with van der Waals surface area (Å²) in [6.07, 6.45) is 27.0. The number of Topliss-reactive ketones (excluding diaryl/α,β-unsaturated/α-hetero) is 1. The molecule has 0 amide bonds. The van der Waals surface area contributed by atoms with E-state index in [0.29, 0.717) is 11.9 Å². The quantitative estimate of drug-likeness (QED) is 0.0738. The molecular formula is C33H58BrNO3. The maximum absolute atomic E-state index is 11.3. The van der Waals surface area contributed by atoms with Gasteiger partial charge in [0.25, 0.3) is 0 Å². The molecule has 0 bridgehead atoms. The Kier molecular flexibility index (Phi) is 25.3. The second kappa shape index (κ2) is 27.5. The van der Waals surface area contributed by atoms with Crippen LogP contribution in [0.2, 0.25) is 0 Å². The molecule has 1 rings (SSSR count). The molecule has 5 heteroatoms. The summed E-state index contributed by atoms with van der Waals surface area (Å²) in [5, 5.41) is 3.50. The molecule has 0 heterocycles. The minimum atomic E-state index is 0.137. The van der Waals surface area contributed by atoms with Gasteiger partial charge in [0.1, 0.15) is 5.75 Å². The van der Waals surface area contributed by atoms with Crippen molar-refractivity contribution in [2.24, 2.45) is 0 Å². The topological polar surface area (TPSA) is 47.6 Å². The molecule has 0 aliphatic rings. The Morgan fingerprint density at radius 3 is 1.50 bits per heavy atom. The molecular weight excluding hydrogens is 538 g/mol. The fraction of sp³-hybridized carbons (Fsp3) is 0.788. The van der Waals surface area contributed by atoms with E-state index in [2.05, 4.69) is 28.2 Å². The van der Waals surface area contributed by atoms with Crippen LogP contribution in [0, 0.1) is 0 Å². The first-order valence-corrected chi connectivity index (χ1v) is 17.0. The minimum absolute atomic E-state index is 0.137. The van der Waals surface area contributed by atoms with E-state index < -0.39 is 0 Å².